The predicted molar refractivity (Wildman–Crippen MR) is 124 cm³/mol. The average molecular weight is 466 g/mol. The molecule has 0 fully saturated rings. The fourth-order valence-corrected chi connectivity index (χ4v) is 4.46. The van der Waals surface area contributed by atoms with Gasteiger partial charge in [0.2, 0.25) is 0 Å². The topological polar surface area (TPSA) is 85.7 Å². The Morgan fingerprint density at radius 2 is 2.00 bits per heavy atom. The van der Waals surface area contributed by atoms with E-state index in [9.17, 15) is 9.18 Å². The van der Waals surface area contributed by atoms with Gasteiger partial charge in [-0.2, -0.15) is 12.6 Å². The lowest BCUT2D eigenvalue weighted by Gasteiger charge is -2.16. The minimum Gasteiger partial charge on any atom is -0.495 e. The number of methoxy groups -OCH3 is 1. The number of para-hydroxylation sites is 2. The van der Waals surface area contributed by atoms with Crippen molar-refractivity contribution in [2.75, 3.05) is 7.11 Å². The van der Waals surface area contributed by atoms with E-state index >= 15 is 0 Å². The molecule has 160 valence electrons. The van der Waals surface area contributed by atoms with Crippen molar-refractivity contribution in [3.05, 3.63) is 87.8 Å². The van der Waals surface area contributed by atoms with Gasteiger partial charge in [0.05, 0.1) is 28.6 Å². The highest BCUT2D eigenvalue weighted by Gasteiger charge is 2.26. The van der Waals surface area contributed by atoms with Gasteiger partial charge in [0.15, 0.2) is 11.6 Å². The molecule has 0 aliphatic rings. The van der Waals surface area contributed by atoms with Crippen LogP contribution in [0.3, 0.4) is 0 Å². The summed E-state index contributed by atoms with van der Waals surface area (Å²) in [5.74, 6) is 1.41. The zero-order chi connectivity index (χ0) is 22.2. The van der Waals surface area contributed by atoms with Gasteiger partial charge in [0, 0.05) is 6.07 Å². The van der Waals surface area contributed by atoms with Crippen molar-refractivity contribution in [1.82, 2.24) is 24.7 Å². The molecule has 0 amide bonds. The van der Waals surface area contributed by atoms with E-state index in [-0.39, 0.29) is 16.9 Å². The Bertz CT molecular complexity index is 1480. The third kappa shape index (κ3) is 3.47. The summed E-state index contributed by atoms with van der Waals surface area (Å²) in [6, 6.07) is 15.2. The summed E-state index contributed by atoms with van der Waals surface area (Å²) in [5.41, 5.74) is 0.571. The van der Waals surface area contributed by atoms with Crippen molar-refractivity contribution in [2.24, 2.45) is 0 Å². The van der Waals surface area contributed by atoms with Gasteiger partial charge in [-0.1, -0.05) is 18.2 Å². The molecule has 0 saturated heterocycles. The molecule has 0 radical (unpaired) electrons. The maximum Gasteiger partial charge on any atom is 0.258 e. The molecule has 3 heterocycles. The fraction of sp³-hybridized carbons (Fsp3) is 0.0909. The van der Waals surface area contributed by atoms with E-state index in [0.717, 1.165) is 4.88 Å². The summed E-state index contributed by atoms with van der Waals surface area (Å²) in [5, 5.41) is 10.3. The third-order valence-electron chi connectivity index (χ3n) is 4.95. The Balaban J connectivity index is 1.72. The van der Waals surface area contributed by atoms with Crippen LogP contribution >= 0.6 is 24.0 Å². The molecular weight excluding hydrogens is 449 g/mol. The number of nitrogens with one attached hydrogen (secondary N) is 1. The van der Waals surface area contributed by atoms with E-state index in [4.69, 9.17) is 17.4 Å². The fourth-order valence-electron chi connectivity index (χ4n) is 3.47. The van der Waals surface area contributed by atoms with E-state index in [2.05, 4.69) is 20.2 Å². The van der Waals surface area contributed by atoms with Crippen LogP contribution in [0.2, 0.25) is 0 Å². The number of aromatic amines is 1. The third-order valence-corrected chi connectivity index (χ3v) is 6.29. The molecule has 7 nitrogen and oxygen atoms in total. The molecule has 0 spiro atoms. The monoisotopic (exact) mass is 465 g/mol. The summed E-state index contributed by atoms with van der Waals surface area (Å²) in [4.78, 5) is 20.7. The van der Waals surface area contributed by atoms with Crippen molar-refractivity contribution < 1.29 is 9.13 Å². The zero-order valence-electron chi connectivity index (χ0n) is 16.7. The van der Waals surface area contributed by atoms with Gasteiger partial charge < -0.3 is 9.72 Å². The van der Waals surface area contributed by atoms with Gasteiger partial charge in [-0.05, 0) is 35.7 Å². The van der Waals surface area contributed by atoms with Gasteiger partial charge in [-0.25, -0.2) is 9.37 Å². The quantitative estimate of drug-likeness (QED) is 0.376. The van der Waals surface area contributed by atoms with E-state index in [1.54, 1.807) is 7.11 Å². The first-order valence-electron chi connectivity index (χ1n) is 9.57. The molecule has 5 aromatic rings. The number of nitrogens with zero attached hydrogens (tertiary/aromatic N) is 4. The van der Waals surface area contributed by atoms with Crippen LogP contribution in [0.4, 0.5) is 4.39 Å². The van der Waals surface area contributed by atoms with Crippen molar-refractivity contribution >= 4 is 34.9 Å². The standard InChI is InChI=1S/C22H16FN5O2S2/c1-30-16-6-3-2-5-15(16)28-20(17-7-4-10-32-17)26-27-21(28)18(31)19-24-14-11-12(23)8-9-13(14)22(29)25-19/h2-11,18,31H,1H3,(H,24,25,29). The lowest BCUT2D eigenvalue weighted by Crippen LogP contribution is -2.16. The second kappa shape index (κ2) is 8.21. The minimum absolute atomic E-state index is 0.234. The average Bonchev–Trinajstić information content (AvgIpc) is 3.48. The molecule has 1 atom stereocenters. The first kappa shape index (κ1) is 20.4. The van der Waals surface area contributed by atoms with E-state index in [0.29, 0.717) is 28.5 Å². The number of aromatic nitrogens is 5. The SMILES string of the molecule is COc1ccccc1-n1c(-c2cccs2)nnc1C(S)c1nc2cc(F)ccc2c(=O)[nH]1. The van der Waals surface area contributed by atoms with Crippen LogP contribution in [0, 0.1) is 5.82 Å². The van der Waals surface area contributed by atoms with Crippen molar-refractivity contribution in [1.29, 1.82) is 0 Å². The maximum atomic E-state index is 13.7. The van der Waals surface area contributed by atoms with Gasteiger partial charge in [0.1, 0.15) is 22.6 Å². The summed E-state index contributed by atoms with van der Waals surface area (Å²) in [7, 11) is 1.59. The number of H-pyrrole nitrogens is 1. The minimum atomic E-state index is -0.749. The van der Waals surface area contributed by atoms with Crippen LogP contribution in [-0.2, 0) is 0 Å². The zero-order valence-corrected chi connectivity index (χ0v) is 18.4. The summed E-state index contributed by atoms with van der Waals surface area (Å²) < 4.78 is 21.1. The second-order valence-corrected chi connectivity index (χ2v) is 8.35. The van der Waals surface area contributed by atoms with Crippen LogP contribution in [-0.4, -0.2) is 31.8 Å². The number of thiol groups is 1. The molecule has 0 saturated carbocycles. The Hall–Kier alpha value is -3.50. The van der Waals surface area contributed by atoms with Gasteiger partial charge >= 0.3 is 0 Å². The first-order valence-corrected chi connectivity index (χ1v) is 11.0. The number of halogens is 1. The maximum absolute atomic E-state index is 13.7. The molecule has 32 heavy (non-hydrogen) atoms. The molecule has 0 aliphatic carbocycles. The molecule has 0 bridgehead atoms. The number of fused-ring (bicyclic) bond motifs is 1. The Morgan fingerprint density at radius 3 is 2.78 bits per heavy atom. The Morgan fingerprint density at radius 1 is 1.16 bits per heavy atom. The van der Waals surface area contributed by atoms with E-state index in [1.165, 1.54) is 29.5 Å². The number of ether oxygens (including phenoxy) is 1. The highest BCUT2D eigenvalue weighted by atomic mass is 32.1. The summed E-state index contributed by atoms with van der Waals surface area (Å²) in [6.07, 6.45) is 0. The smallest absolute Gasteiger partial charge is 0.258 e. The van der Waals surface area contributed by atoms with Crippen molar-refractivity contribution in [3.63, 3.8) is 0 Å². The molecule has 10 heteroatoms. The lowest BCUT2D eigenvalue weighted by molar-refractivity contribution is 0.412. The summed E-state index contributed by atoms with van der Waals surface area (Å²) in [6.45, 7) is 0. The number of benzene rings is 2. The van der Waals surface area contributed by atoms with Gasteiger partial charge in [-0.3, -0.25) is 9.36 Å². The molecule has 0 aliphatic heterocycles. The number of thiophene rings is 1. The van der Waals surface area contributed by atoms with Crippen LogP contribution in [0.15, 0.2) is 64.8 Å². The van der Waals surface area contributed by atoms with E-state index in [1.807, 2.05) is 46.3 Å². The molecule has 5 rings (SSSR count). The predicted octanol–water partition coefficient (Wildman–Crippen LogP) is 4.40. The van der Waals surface area contributed by atoms with Crippen LogP contribution in [0.25, 0.3) is 27.3 Å². The molecule has 2 aromatic carbocycles. The largest absolute Gasteiger partial charge is 0.495 e. The number of hydrogen-bond donors (Lipinski definition) is 2. The Labute approximate surface area is 191 Å². The van der Waals surface area contributed by atoms with Crippen LogP contribution < -0.4 is 10.3 Å². The van der Waals surface area contributed by atoms with Gasteiger partial charge in [0.25, 0.3) is 5.56 Å². The first-order chi connectivity index (χ1) is 15.6. The highest BCUT2D eigenvalue weighted by Crippen LogP contribution is 2.35. The summed E-state index contributed by atoms with van der Waals surface area (Å²) >= 11 is 6.24. The normalized spacial score (nSPS) is 12.2. The highest BCUT2D eigenvalue weighted by molar-refractivity contribution is 7.80. The van der Waals surface area contributed by atoms with Crippen molar-refractivity contribution in [3.8, 4) is 22.1 Å². The lowest BCUT2D eigenvalue weighted by atomic mass is 10.2. The van der Waals surface area contributed by atoms with Crippen LogP contribution in [0.5, 0.6) is 5.75 Å². The number of hydrogen-bond acceptors (Lipinski definition) is 7. The van der Waals surface area contributed by atoms with Gasteiger partial charge in [-0.15, -0.1) is 21.5 Å². The Kier molecular flexibility index (Phi) is 5.24. The van der Waals surface area contributed by atoms with E-state index < -0.39 is 11.1 Å². The molecule has 1 N–H and O–H groups in total. The second-order valence-electron chi connectivity index (χ2n) is 6.88. The number of rotatable bonds is 5. The molecule has 3 aromatic heterocycles. The van der Waals surface area contributed by atoms with Crippen molar-refractivity contribution in [2.45, 2.75) is 5.25 Å². The molecule has 1 unspecified atom stereocenters. The van der Waals surface area contributed by atoms with Crippen LogP contribution in [0.1, 0.15) is 16.9 Å². The molecular formula is C22H16FN5O2S2.